The van der Waals surface area contributed by atoms with Gasteiger partial charge in [0.25, 0.3) is 0 Å². The molecule has 20 heavy (non-hydrogen) atoms. The van der Waals surface area contributed by atoms with E-state index in [1.807, 2.05) is 0 Å². The van der Waals surface area contributed by atoms with Crippen LogP contribution < -0.4 is 0 Å². The number of rotatable bonds is 2. The van der Waals surface area contributed by atoms with E-state index < -0.39 is 5.79 Å². The van der Waals surface area contributed by atoms with Crippen LogP contribution in [0.1, 0.15) is 71.6 Å². The fourth-order valence-electron chi connectivity index (χ4n) is 5.24. The van der Waals surface area contributed by atoms with Gasteiger partial charge in [0.2, 0.25) is 0 Å². The van der Waals surface area contributed by atoms with Crippen molar-refractivity contribution in [1.29, 1.82) is 0 Å². The van der Waals surface area contributed by atoms with Gasteiger partial charge in [-0.05, 0) is 50.9 Å². The molecule has 0 aromatic heterocycles. The number of hydrogen-bond acceptors (Lipinski definition) is 3. The molecule has 1 saturated heterocycles. The van der Waals surface area contributed by atoms with Gasteiger partial charge < -0.3 is 9.84 Å². The molecule has 3 nitrogen and oxygen atoms in total. The third-order valence-electron chi connectivity index (χ3n) is 6.44. The second kappa shape index (κ2) is 5.10. The molecule has 0 aromatic carbocycles. The predicted octanol–water partition coefficient (Wildman–Crippen LogP) is 3.44. The number of hydrogen-bond donors (Lipinski definition) is 1. The van der Waals surface area contributed by atoms with Crippen LogP contribution in [0.5, 0.6) is 0 Å². The van der Waals surface area contributed by atoms with Crippen molar-refractivity contribution in [3.8, 4) is 0 Å². The van der Waals surface area contributed by atoms with Crippen LogP contribution in [-0.4, -0.2) is 22.8 Å². The molecular weight excluding hydrogens is 252 g/mol. The van der Waals surface area contributed by atoms with Crippen molar-refractivity contribution in [2.45, 2.75) is 83.5 Å². The molecule has 0 aromatic rings. The van der Waals surface area contributed by atoms with Gasteiger partial charge in [0.05, 0.1) is 6.10 Å². The maximum Gasteiger partial charge on any atom is 0.168 e. The molecule has 2 saturated carbocycles. The Balaban J connectivity index is 1.90. The molecule has 2 unspecified atom stereocenters. The van der Waals surface area contributed by atoms with E-state index in [0.29, 0.717) is 18.1 Å². The van der Waals surface area contributed by atoms with E-state index >= 15 is 0 Å². The standard InChI is InChI=1S/C17H28O3/c1-3-12-8-9-14-13-6-5-7-15(18)16(13,4-2)10-11-17(14,19)20-12/h12-14,19H,3-11H2,1-2H3/t12?,13?,14-,16+,17+/m1/s1. The van der Waals surface area contributed by atoms with Crippen molar-refractivity contribution < 1.29 is 14.6 Å². The summed E-state index contributed by atoms with van der Waals surface area (Å²) in [6.07, 6.45) is 8.45. The number of ether oxygens (including phenoxy) is 1. The van der Waals surface area contributed by atoms with Crippen LogP contribution in [-0.2, 0) is 9.53 Å². The summed E-state index contributed by atoms with van der Waals surface area (Å²) in [6.45, 7) is 4.27. The van der Waals surface area contributed by atoms with Gasteiger partial charge in [0, 0.05) is 24.2 Å². The quantitative estimate of drug-likeness (QED) is 0.843. The summed E-state index contributed by atoms with van der Waals surface area (Å²) in [5.41, 5.74) is -0.155. The average molecular weight is 280 g/mol. The Morgan fingerprint density at radius 3 is 2.70 bits per heavy atom. The lowest BCUT2D eigenvalue weighted by molar-refractivity contribution is -0.319. The van der Waals surface area contributed by atoms with Crippen LogP contribution in [0.4, 0.5) is 0 Å². The van der Waals surface area contributed by atoms with Crippen LogP contribution in [0.25, 0.3) is 0 Å². The highest BCUT2D eigenvalue weighted by molar-refractivity contribution is 5.86. The molecule has 0 bridgehead atoms. The molecule has 114 valence electrons. The largest absolute Gasteiger partial charge is 0.365 e. The molecule has 3 heteroatoms. The lowest BCUT2D eigenvalue weighted by Gasteiger charge is -2.58. The van der Waals surface area contributed by atoms with Gasteiger partial charge in [-0.2, -0.15) is 0 Å². The molecule has 1 aliphatic heterocycles. The summed E-state index contributed by atoms with van der Waals surface area (Å²) in [5, 5.41) is 11.0. The van der Waals surface area contributed by atoms with Crippen LogP contribution in [0.3, 0.4) is 0 Å². The Morgan fingerprint density at radius 2 is 2.00 bits per heavy atom. The van der Waals surface area contributed by atoms with Crippen molar-refractivity contribution >= 4 is 5.78 Å². The fourth-order valence-corrected chi connectivity index (χ4v) is 5.24. The molecule has 3 rings (SSSR count). The van der Waals surface area contributed by atoms with Gasteiger partial charge >= 0.3 is 0 Å². The Hall–Kier alpha value is -0.410. The molecule has 1 heterocycles. The molecule has 0 radical (unpaired) electrons. The zero-order chi connectivity index (χ0) is 14.4. The summed E-state index contributed by atoms with van der Waals surface area (Å²) in [6, 6.07) is 0. The van der Waals surface area contributed by atoms with Gasteiger partial charge in [-0.25, -0.2) is 0 Å². The zero-order valence-electron chi connectivity index (χ0n) is 12.9. The molecule has 0 spiro atoms. The van der Waals surface area contributed by atoms with Crippen molar-refractivity contribution in [3.05, 3.63) is 0 Å². The molecular formula is C17H28O3. The van der Waals surface area contributed by atoms with Gasteiger partial charge in [0.1, 0.15) is 5.78 Å². The molecule has 1 N–H and O–H groups in total. The molecule has 0 amide bonds. The minimum atomic E-state index is -0.958. The first kappa shape index (κ1) is 14.5. The van der Waals surface area contributed by atoms with Crippen molar-refractivity contribution in [2.75, 3.05) is 0 Å². The van der Waals surface area contributed by atoms with E-state index in [9.17, 15) is 9.90 Å². The summed E-state index contributed by atoms with van der Waals surface area (Å²) in [4.78, 5) is 12.6. The molecule has 2 aliphatic carbocycles. The van der Waals surface area contributed by atoms with Crippen LogP contribution in [0.15, 0.2) is 0 Å². The highest BCUT2D eigenvalue weighted by atomic mass is 16.6. The molecule has 5 atom stereocenters. The average Bonchev–Trinajstić information content (AvgIpc) is 2.46. The van der Waals surface area contributed by atoms with E-state index in [-0.39, 0.29) is 17.4 Å². The first-order valence-electron chi connectivity index (χ1n) is 8.49. The van der Waals surface area contributed by atoms with Crippen LogP contribution >= 0.6 is 0 Å². The topological polar surface area (TPSA) is 46.5 Å². The normalized spacial score (nSPS) is 48.5. The van der Waals surface area contributed by atoms with Gasteiger partial charge in [-0.3, -0.25) is 4.79 Å². The number of ketones is 1. The van der Waals surface area contributed by atoms with E-state index in [2.05, 4.69) is 13.8 Å². The second-order valence-corrected chi connectivity index (χ2v) is 7.11. The summed E-state index contributed by atoms with van der Waals surface area (Å²) in [5.74, 6) is 0.00402. The summed E-state index contributed by atoms with van der Waals surface area (Å²) < 4.78 is 6.04. The molecule has 3 fully saturated rings. The highest BCUT2D eigenvalue weighted by Gasteiger charge is 2.60. The monoisotopic (exact) mass is 280 g/mol. The lowest BCUT2D eigenvalue weighted by atomic mass is 9.51. The highest BCUT2D eigenvalue weighted by Crippen LogP contribution is 2.58. The number of aliphatic hydroxyl groups is 1. The lowest BCUT2D eigenvalue weighted by Crippen LogP contribution is -2.60. The first-order valence-corrected chi connectivity index (χ1v) is 8.49. The van der Waals surface area contributed by atoms with Crippen LogP contribution in [0.2, 0.25) is 0 Å². The Kier molecular flexibility index (Phi) is 3.70. The maximum absolute atomic E-state index is 12.6. The fraction of sp³-hybridized carbons (Fsp3) is 0.941. The maximum atomic E-state index is 12.6. The predicted molar refractivity (Wildman–Crippen MR) is 77.1 cm³/mol. The Bertz CT molecular complexity index is 394. The smallest absolute Gasteiger partial charge is 0.168 e. The van der Waals surface area contributed by atoms with E-state index in [1.165, 1.54) is 0 Å². The minimum absolute atomic E-state index is 0.155. The van der Waals surface area contributed by atoms with Crippen molar-refractivity contribution in [3.63, 3.8) is 0 Å². The van der Waals surface area contributed by atoms with Crippen molar-refractivity contribution in [1.82, 2.24) is 0 Å². The zero-order valence-corrected chi connectivity index (χ0v) is 12.9. The summed E-state index contributed by atoms with van der Waals surface area (Å²) >= 11 is 0. The number of carbonyl (C=O) groups excluding carboxylic acids is 1. The third kappa shape index (κ3) is 1.97. The van der Waals surface area contributed by atoms with Gasteiger partial charge in [-0.1, -0.05) is 13.8 Å². The first-order chi connectivity index (χ1) is 9.55. The Morgan fingerprint density at radius 1 is 1.20 bits per heavy atom. The number of Topliss-reactive ketones (excluding diaryl/α,β-unsaturated/α-hetero) is 1. The molecule has 3 aliphatic rings. The number of carbonyl (C=O) groups is 1. The van der Waals surface area contributed by atoms with E-state index in [4.69, 9.17) is 4.74 Å². The third-order valence-corrected chi connectivity index (χ3v) is 6.44. The number of fused-ring (bicyclic) bond motifs is 3. The van der Waals surface area contributed by atoms with Crippen molar-refractivity contribution in [2.24, 2.45) is 17.3 Å². The second-order valence-electron chi connectivity index (χ2n) is 7.11. The van der Waals surface area contributed by atoms with Crippen LogP contribution in [0, 0.1) is 17.3 Å². The van der Waals surface area contributed by atoms with Gasteiger partial charge in [0.15, 0.2) is 5.79 Å². The van der Waals surface area contributed by atoms with E-state index in [1.54, 1.807) is 0 Å². The SMILES string of the molecule is CCC1CC[C@@H]2C3CCCC(=O)[C@@]3(CC)CC[C@]2(O)O1. The minimum Gasteiger partial charge on any atom is -0.365 e. The van der Waals surface area contributed by atoms with Gasteiger partial charge in [-0.15, -0.1) is 0 Å². The summed E-state index contributed by atoms with van der Waals surface area (Å²) in [7, 11) is 0. The Labute approximate surface area is 122 Å². The van der Waals surface area contributed by atoms with E-state index in [0.717, 1.165) is 51.4 Å².